The summed E-state index contributed by atoms with van der Waals surface area (Å²) in [7, 11) is 1.52. The van der Waals surface area contributed by atoms with Crippen LogP contribution < -0.4 is 14.8 Å². The van der Waals surface area contributed by atoms with E-state index < -0.39 is 0 Å². The fourth-order valence-corrected chi connectivity index (χ4v) is 4.09. The standard InChI is InChI=1S/C22H25Cl2NO4/c1-3-29-20-18(24)11-15(12-19(20)27-2)21(26)25-14-22(7-9-28-10-8-22)16-5-4-6-17(23)13-16/h4-6,11-13H,3,7-10,14H2,1-2H3,(H,25,26). The number of benzene rings is 2. The van der Waals surface area contributed by atoms with Crippen LogP contribution in [0.25, 0.3) is 0 Å². The van der Waals surface area contributed by atoms with Crippen molar-refractivity contribution in [1.29, 1.82) is 0 Å². The molecule has 1 N–H and O–H groups in total. The van der Waals surface area contributed by atoms with Crippen molar-refractivity contribution in [1.82, 2.24) is 5.32 Å². The molecule has 2 aromatic carbocycles. The van der Waals surface area contributed by atoms with Gasteiger partial charge in [0.1, 0.15) is 0 Å². The quantitative estimate of drug-likeness (QED) is 0.670. The molecule has 0 aromatic heterocycles. The Morgan fingerprint density at radius 1 is 1.21 bits per heavy atom. The van der Waals surface area contributed by atoms with Crippen molar-refractivity contribution >= 4 is 29.1 Å². The van der Waals surface area contributed by atoms with Crippen LogP contribution in [0.1, 0.15) is 35.7 Å². The Bertz CT molecular complexity index is 866. The molecule has 1 fully saturated rings. The van der Waals surface area contributed by atoms with Gasteiger partial charge in [-0.25, -0.2) is 0 Å². The van der Waals surface area contributed by atoms with Gasteiger partial charge in [-0.05, 0) is 49.6 Å². The second kappa shape index (κ2) is 9.70. The van der Waals surface area contributed by atoms with Crippen LogP contribution in [0, 0.1) is 0 Å². The third-order valence-corrected chi connectivity index (χ3v) is 5.77. The summed E-state index contributed by atoms with van der Waals surface area (Å²) in [5.41, 5.74) is 1.30. The SMILES string of the molecule is CCOc1c(Cl)cc(C(=O)NCC2(c3cccc(Cl)c3)CCOCC2)cc1OC. The molecule has 0 bridgehead atoms. The third kappa shape index (κ3) is 4.97. The summed E-state index contributed by atoms with van der Waals surface area (Å²) in [5.74, 6) is 0.648. The highest BCUT2D eigenvalue weighted by atomic mass is 35.5. The number of halogens is 2. The van der Waals surface area contributed by atoms with Gasteiger partial charge in [-0.15, -0.1) is 0 Å². The summed E-state index contributed by atoms with van der Waals surface area (Å²) >= 11 is 12.5. The van der Waals surface area contributed by atoms with Crippen LogP contribution in [0.4, 0.5) is 0 Å². The number of ether oxygens (including phenoxy) is 3. The largest absolute Gasteiger partial charge is 0.493 e. The molecule has 3 rings (SSSR count). The molecule has 1 heterocycles. The molecule has 5 nitrogen and oxygen atoms in total. The van der Waals surface area contributed by atoms with E-state index in [9.17, 15) is 4.79 Å². The Labute approximate surface area is 181 Å². The average Bonchev–Trinajstić information content (AvgIpc) is 2.74. The number of carbonyl (C=O) groups is 1. The summed E-state index contributed by atoms with van der Waals surface area (Å²) in [5, 5.41) is 4.09. The molecule has 0 atom stereocenters. The minimum Gasteiger partial charge on any atom is -0.493 e. The van der Waals surface area contributed by atoms with Gasteiger partial charge >= 0.3 is 0 Å². The summed E-state index contributed by atoms with van der Waals surface area (Å²) in [6.45, 7) is 4.07. The van der Waals surface area contributed by atoms with E-state index in [1.807, 2.05) is 25.1 Å². The zero-order valence-electron chi connectivity index (χ0n) is 16.6. The fraction of sp³-hybridized carbons (Fsp3) is 0.409. The first-order chi connectivity index (χ1) is 14.0. The lowest BCUT2D eigenvalue weighted by atomic mass is 9.74. The van der Waals surface area contributed by atoms with Gasteiger partial charge < -0.3 is 19.5 Å². The van der Waals surface area contributed by atoms with E-state index in [4.69, 9.17) is 37.4 Å². The van der Waals surface area contributed by atoms with Gasteiger partial charge in [0.05, 0.1) is 18.7 Å². The van der Waals surface area contributed by atoms with Gasteiger partial charge in [-0.2, -0.15) is 0 Å². The van der Waals surface area contributed by atoms with Crippen LogP contribution in [0.5, 0.6) is 11.5 Å². The maximum atomic E-state index is 12.9. The van der Waals surface area contributed by atoms with Gasteiger partial charge in [-0.1, -0.05) is 35.3 Å². The second-order valence-electron chi connectivity index (χ2n) is 7.01. The predicted octanol–water partition coefficient (Wildman–Crippen LogP) is 4.88. The molecule has 0 radical (unpaired) electrons. The number of methoxy groups -OCH3 is 1. The average molecular weight is 438 g/mol. The monoisotopic (exact) mass is 437 g/mol. The van der Waals surface area contributed by atoms with Crippen molar-refractivity contribution in [3.8, 4) is 11.5 Å². The van der Waals surface area contributed by atoms with Crippen molar-refractivity contribution in [2.75, 3.05) is 33.5 Å². The minimum atomic E-state index is -0.224. The molecule has 2 aromatic rings. The predicted molar refractivity (Wildman–Crippen MR) is 115 cm³/mol. The van der Waals surface area contributed by atoms with E-state index in [0.717, 1.165) is 18.4 Å². The molecule has 0 saturated carbocycles. The van der Waals surface area contributed by atoms with Crippen molar-refractivity contribution in [2.24, 2.45) is 0 Å². The number of hydrogen-bond donors (Lipinski definition) is 1. The van der Waals surface area contributed by atoms with Crippen LogP contribution in [0.15, 0.2) is 36.4 Å². The maximum absolute atomic E-state index is 12.9. The summed E-state index contributed by atoms with van der Waals surface area (Å²) < 4.78 is 16.4. The van der Waals surface area contributed by atoms with Crippen LogP contribution in [0.2, 0.25) is 10.0 Å². The zero-order chi connectivity index (χ0) is 20.9. The summed E-state index contributed by atoms with van der Waals surface area (Å²) in [6, 6.07) is 11.1. The smallest absolute Gasteiger partial charge is 0.251 e. The van der Waals surface area contributed by atoms with E-state index in [-0.39, 0.29) is 11.3 Å². The molecule has 1 saturated heterocycles. The van der Waals surface area contributed by atoms with E-state index in [2.05, 4.69) is 11.4 Å². The second-order valence-corrected chi connectivity index (χ2v) is 7.85. The molecular formula is C22H25Cl2NO4. The number of nitrogens with one attached hydrogen (secondary N) is 1. The van der Waals surface area contributed by atoms with Gasteiger partial charge in [-0.3, -0.25) is 4.79 Å². The summed E-state index contributed by atoms with van der Waals surface area (Å²) in [4.78, 5) is 12.9. The molecule has 156 valence electrons. The first kappa shape index (κ1) is 21.8. The first-order valence-corrected chi connectivity index (χ1v) is 10.4. The number of rotatable bonds is 7. The van der Waals surface area contributed by atoms with E-state index >= 15 is 0 Å². The molecule has 1 amide bonds. The van der Waals surface area contributed by atoms with Crippen molar-refractivity contribution < 1.29 is 19.0 Å². The number of hydrogen-bond acceptors (Lipinski definition) is 4. The Kier molecular flexibility index (Phi) is 7.28. The number of amides is 1. The number of carbonyl (C=O) groups excluding carboxylic acids is 1. The lowest BCUT2D eigenvalue weighted by Gasteiger charge is -2.38. The van der Waals surface area contributed by atoms with Crippen LogP contribution in [-0.2, 0) is 10.2 Å². The van der Waals surface area contributed by atoms with E-state index in [0.29, 0.717) is 53.5 Å². The molecule has 0 aliphatic carbocycles. The highest BCUT2D eigenvalue weighted by Crippen LogP contribution is 2.37. The maximum Gasteiger partial charge on any atom is 0.251 e. The highest BCUT2D eigenvalue weighted by molar-refractivity contribution is 6.32. The molecular weight excluding hydrogens is 413 g/mol. The van der Waals surface area contributed by atoms with Crippen molar-refractivity contribution in [3.05, 3.63) is 57.6 Å². The van der Waals surface area contributed by atoms with Crippen molar-refractivity contribution in [3.63, 3.8) is 0 Å². The molecule has 1 aliphatic heterocycles. The van der Waals surface area contributed by atoms with Gasteiger partial charge in [0.2, 0.25) is 0 Å². The first-order valence-electron chi connectivity index (χ1n) is 9.61. The minimum absolute atomic E-state index is 0.221. The molecule has 0 unspecified atom stereocenters. The highest BCUT2D eigenvalue weighted by Gasteiger charge is 2.35. The lowest BCUT2D eigenvalue weighted by Crippen LogP contribution is -2.44. The zero-order valence-corrected chi connectivity index (χ0v) is 18.1. The van der Waals surface area contributed by atoms with Crippen LogP contribution in [0.3, 0.4) is 0 Å². The van der Waals surface area contributed by atoms with Crippen LogP contribution in [-0.4, -0.2) is 39.4 Å². The lowest BCUT2D eigenvalue weighted by molar-refractivity contribution is 0.0487. The fourth-order valence-electron chi connectivity index (χ4n) is 3.63. The van der Waals surface area contributed by atoms with Gasteiger partial charge in [0, 0.05) is 35.8 Å². The van der Waals surface area contributed by atoms with Gasteiger partial charge in [0.15, 0.2) is 11.5 Å². The van der Waals surface area contributed by atoms with E-state index in [1.54, 1.807) is 12.1 Å². The Hall–Kier alpha value is -1.95. The molecule has 0 spiro atoms. The van der Waals surface area contributed by atoms with Crippen LogP contribution >= 0.6 is 23.2 Å². The topological polar surface area (TPSA) is 56.8 Å². The molecule has 1 aliphatic rings. The Balaban J connectivity index is 1.81. The normalized spacial score (nSPS) is 15.6. The summed E-state index contributed by atoms with van der Waals surface area (Å²) in [6.07, 6.45) is 1.61. The van der Waals surface area contributed by atoms with E-state index in [1.165, 1.54) is 7.11 Å². The Morgan fingerprint density at radius 3 is 2.62 bits per heavy atom. The van der Waals surface area contributed by atoms with Gasteiger partial charge in [0.25, 0.3) is 5.91 Å². The third-order valence-electron chi connectivity index (χ3n) is 5.25. The molecule has 29 heavy (non-hydrogen) atoms. The molecule has 7 heteroatoms. The Morgan fingerprint density at radius 2 is 1.97 bits per heavy atom. The van der Waals surface area contributed by atoms with Crippen molar-refractivity contribution in [2.45, 2.75) is 25.2 Å².